The number of nitrogens with zero attached hydrogens (tertiary/aromatic N) is 4. The zero-order valence-corrected chi connectivity index (χ0v) is 20.8. The number of halogens is 1. The summed E-state index contributed by atoms with van der Waals surface area (Å²) >= 11 is 0. The predicted octanol–water partition coefficient (Wildman–Crippen LogP) is 2.95. The summed E-state index contributed by atoms with van der Waals surface area (Å²) in [5.74, 6) is -2.02. The maximum absolute atomic E-state index is 14.6. The number of imidazole rings is 1. The molecule has 2 amide bonds. The van der Waals surface area contributed by atoms with Crippen molar-refractivity contribution >= 4 is 23.1 Å². The minimum Gasteiger partial charge on any atom is -0.394 e. The molecule has 0 spiro atoms. The number of aromatic nitrogens is 4. The van der Waals surface area contributed by atoms with Crippen molar-refractivity contribution in [2.45, 2.75) is 12.1 Å². The highest BCUT2D eigenvalue weighted by Crippen LogP contribution is 2.22. The largest absolute Gasteiger partial charge is 0.394 e. The van der Waals surface area contributed by atoms with Crippen LogP contribution in [0.1, 0.15) is 32.5 Å². The Hall–Kier alpha value is -4.87. The molecule has 0 radical (unpaired) electrons. The Morgan fingerprint density at radius 2 is 1.85 bits per heavy atom. The summed E-state index contributed by atoms with van der Waals surface area (Å²) in [6, 6.07) is 16.6. The van der Waals surface area contributed by atoms with E-state index in [2.05, 4.69) is 20.7 Å². The Morgan fingerprint density at radius 1 is 1.05 bits per heavy atom. The monoisotopic (exact) mass is 528 g/mol. The number of carbonyl (C=O) groups excluding carboxylic acids is 2. The maximum atomic E-state index is 14.6. The van der Waals surface area contributed by atoms with Gasteiger partial charge in [0, 0.05) is 30.6 Å². The van der Waals surface area contributed by atoms with Gasteiger partial charge in [0.2, 0.25) is 0 Å². The van der Waals surface area contributed by atoms with E-state index < -0.39 is 36.4 Å². The normalized spacial score (nSPS) is 12.7. The van der Waals surface area contributed by atoms with E-state index in [4.69, 9.17) is 0 Å². The van der Waals surface area contributed by atoms with Crippen LogP contribution >= 0.6 is 0 Å². The third-order valence-corrected chi connectivity index (χ3v) is 6.37. The lowest BCUT2D eigenvalue weighted by atomic mass is 10.0. The number of benzene rings is 2. The second kappa shape index (κ2) is 10.9. The number of aliphatic hydroxyl groups excluding tert-OH is 2. The molecule has 3 heterocycles. The minimum atomic E-state index is -1.16. The number of carbonyl (C=O) groups is 2. The summed E-state index contributed by atoms with van der Waals surface area (Å²) in [7, 11) is 1.82. The molecule has 2 aromatic carbocycles. The topological polar surface area (TPSA) is 134 Å². The molecule has 39 heavy (non-hydrogen) atoms. The second-order valence-electron chi connectivity index (χ2n) is 8.89. The molecule has 0 fully saturated rings. The van der Waals surface area contributed by atoms with Crippen molar-refractivity contribution in [3.8, 4) is 11.3 Å². The van der Waals surface area contributed by atoms with Crippen LogP contribution in [0.3, 0.4) is 0 Å². The van der Waals surface area contributed by atoms with Gasteiger partial charge in [0.25, 0.3) is 11.8 Å². The first-order chi connectivity index (χ1) is 18.9. The van der Waals surface area contributed by atoms with Gasteiger partial charge in [-0.2, -0.15) is 5.10 Å². The van der Waals surface area contributed by atoms with Crippen LogP contribution < -0.4 is 10.6 Å². The van der Waals surface area contributed by atoms with Gasteiger partial charge in [0.1, 0.15) is 23.3 Å². The van der Waals surface area contributed by atoms with Crippen LogP contribution in [0.5, 0.6) is 0 Å². The van der Waals surface area contributed by atoms with Crippen molar-refractivity contribution in [1.29, 1.82) is 0 Å². The summed E-state index contributed by atoms with van der Waals surface area (Å²) in [5, 5.41) is 29.5. The van der Waals surface area contributed by atoms with Crippen molar-refractivity contribution in [3.05, 3.63) is 108 Å². The van der Waals surface area contributed by atoms with Crippen molar-refractivity contribution in [2.75, 3.05) is 11.9 Å². The van der Waals surface area contributed by atoms with Gasteiger partial charge in [-0.25, -0.2) is 9.37 Å². The number of pyridine rings is 1. The highest BCUT2D eigenvalue weighted by molar-refractivity contribution is 6.04. The number of nitrogens with one attached hydrogen (secondary N) is 2. The fourth-order valence-electron chi connectivity index (χ4n) is 4.27. The van der Waals surface area contributed by atoms with Crippen LogP contribution in [0.15, 0.2) is 85.3 Å². The van der Waals surface area contributed by atoms with Crippen LogP contribution in [-0.4, -0.2) is 53.8 Å². The minimum absolute atomic E-state index is 0.0318. The first kappa shape index (κ1) is 25.8. The zero-order chi connectivity index (χ0) is 27.5. The van der Waals surface area contributed by atoms with E-state index in [0.717, 1.165) is 17.3 Å². The summed E-state index contributed by atoms with van der Waals surface area (Å²) in [5.41, 5.74) is 2.76. The molecule has 0 aliphatic heterocycles. The number of aryl methyl sites for hydroxylation is 1. The molecule has 0 aliphatic carbocycles. The highest BCUT2D eigenvalue weighted by Gasteiger charge is 2.23. The lowest BCUT2D eigenvalue weighted by molar-refractivity contribution is 0.0703. The van der Waals surface area contributed by atoms with Gasteiger partial charge in [0.15, 0.2) is 0 Å². The van der Waals surface area contributed by atoms with Crippen molar-refractivity contribution in [1.82, 2.24) is 24.5 Å². The van der Waals surface area contributed by atoms with E-state index in [-0.39, 0.29) is 16.9 Å². The zero-order valence-electron chi connectivity index (χ0n) is 20.8. The third kappa shape index (κ3) is 5.26. The van der Waals surface area contributed by atoms with Crippen LogP contribution in [0.2, 0.25) is 0 Å². The number of hydrogen-bond acceptors (Lipinski definition) is 6. The lowest BCUT2D eigenvalue weighted by Gasteiger charge is -2.22. The fraction of sp³-hybridized carbons (Fsp3) is 0.143. The Morgan fingerprint density at radius 3 is 2.56 bits per heavy atom. The standard InChI is InChI=1S/C28H25FN6O4/c1-34-23(9-11-31-34)18-10-12-35-24(15-30-25(35)14-18)28(39)32-21-13-19(7-8-20(21)29)27(38)33-22(16-36)26(37)17-5-3-2-4-6-17/h2-15,22,26,36-37H,16H2,1H3,(H,32,39)(H,33,38). The molecule has 2 unspecified atom stereocenters. The second-order valence-corrected chi connectivity index (χ2v) is 8.89. The quantitative estimate of drug-likeness (QED) is 0.245. The van der Waals surface area contributed by atoms with Crippen LogP contribution in [0, 0.1) is 5.82 Å². The van der Waals surface area contributed by atoms with E-state index in [1.165, 1.54) is 18.3 Å². The SMILES string of the molecule is Cn1nccc1-c1ccn2c(C(=O)Nc3cc(C(=O)NC(CO)C(O)c4ccccc4)ccc3F)cnc2c1. The van der Waals surface area contributed by atoms with Crippen molar-refractivity contribution in [3.63, 3.8) is 0 Å². The molecule has 4 N–H and O–H groups in total. The number of hydrogen-bond donors (Lipinski definition) is 4. The molecule has 3 aromatic heterocycles. The Labute approximate surface area is 222 Å². The summed E-state index contributed by atoms with van der Waals surface area (Å²) in [6.45, 7) is -0.525. The van der Waals surface area contributed by atoms with E-state index in [1.54, 1.807) is 57.9 Å². The number of anilines is 1. The Bertz CT molecular complexity index is 1650. The average Bonchev–Trinajstić information content (AvgIpc) is 3.58. The van der Waals surface area contributed by atoms with Gasteiger partial charge in [-0.15, -0.1) is 0 Å². The molecular formula is C28H25FN6O4. The number of aliphatic hydroxyl groups is 2. The van der Waals surface area contributed by atoms with Gasteiger partial charge >= 0.3 is 0 Å². The molecule has 5 aromatic rings. The number of rotatable bonds is 8. The number of amides is 2. The lowest BCUT2D eigenvalue weighted by Crippen LogP contribution is -2.42. The average molecular weight is 529 g/mol. The Balaban J connectivity index is 1.33. The smallest absolute Gasteiger partial charge is 0.274 e. The summed E-state index contributed by atoms with van der Waals surface area (Å²) < 4.78 is 17.9. The first-order valence-electron chi connectivity index (χ1n) is 12.1. The molecule has 2 atom stereocenters. The van der Waals surface area contributed by atoms with Crippen LogP contribution in [0.4, 0.5) is 10.1 Å². The van der Waals surface area contributed by atoms with Crippen molar-refractivity contribution < 1.29 is 24.2 Å². The van der Waals surface area contributed by atoms with Gasteiger partial charge < -0.3 is 20.8 Å². The Kier molecular flexibility index (Phi) is 7.17. The molecule has 5 rings (SSSR count). The third-order valence-electron chi connectivity index (χ3n) is 6.37. The van der Waals surface area contributed by atoms with E-state index in [1.807, 2.05) is 19.2 Å². The van der Waals surface area contributed by atoms with Gasteiger partial charge in [-0.05, 0) is 42.0 Å². The predicted molar refractivity (Wildman–Crippen MR) is 141 cm³/mol. The van der Waals surface area contributed by atoms with Crippen molar-refractivity contribution in [2.24, 2.45) is 7.05 Å². The fourth-order valence-corrected chi connectivity index (χ4v) is 4.27. The molecule has 0 saturated carbocycles. The van der Waals surface area contributed by atoms with Crippen LogP contribution in [-0.2, 0) is 7.05 Å². The van der Waals surface area contributed by atoms with E-state index in [0.29, 0.717) is 11.2 Å². The summed E-state index contributed by atoms with van der Waals surface area (Å²) in [6.07, 6.45) is 3.59. The maximum Gasteiger partial charge on any atom is 0.274 e. The first-order valence-corrected chi connectivity index (χ1v) is 12.1. The number of fused-ring (bicyclic) bond motifs is 1. The molecule has 0 bridgehead atoms. The van der Waals surface area contributed by atoms with Gasteiger partial charge in [0.05, 0.1) is 30.2 Å². The highest BCUT2D eigenvalue weighted by atomic mass is 19.1. The molecule has 0 aliphatic rings. The molecule has 0 saturated heterocycles. The van der Waals surface area contributed by atoms with E-state index >= 15 is 0 Å². The van der Waals surface area contributed by atoms with Crippen LogP contribution in [0.25, 0.3) is 16.9 Å². The van der Waals surface area contributed by atoms with E-state index in [9.17, 15) is 24.2 Å². The molecule has 11 heteroatoms. The molecule has 198 valence electrons. The molecular weight excluding hydrogens is 503 g/mol. The van der Waals surface area contributed by atoms with Gasteiger partial charge in [-0.1, -0.05) is 30.3 Å². The summed E-state index contributed by atoms with van der Waals surface area (Å²) in [4.78, 5) is 30.2. The van der Waals surface area contributed by atoms with Gasteiger partial charge in [-0.3, -0.25) is 18.7 Å². The molecule has 10 nitrogen and oxygen atoms in total.